The molecule has 0 aromatic heterocycles. The van der Waals surface area contributed by atoms with Crippen LogP contribution in [0.15, 0.2) is 72.9 Å². The maximum absolute atomic E-state index is 5.52. The molecule has 0 aliphatic heterocycles. The van der Waals surface area contributed by atoms with Crippen molar-refractivity contribution in [3.8, 4) is 0 Å². The summed E-state index contributed by atoms with van der Waals surface area (Å²) >= 11 is 0. The summed E-state index contributed by atoms with van der Waals surface area (Å²) in [5.41, 5.74) is 8.04. The molecule has 0 aliphatic carbocycles. The quantitative estimate of drug-likeness (QED) is 0.824. The zero-order chi connectivity index (χ0) is 11.2. The number of hydrogen-bond acceptors (Lipinski definition) is 1. The molecule has 0 radical (unpaired) electrons. The highest BCUT2D eigenvalue weighted by Gasteiger charge is 2.09. The molecular weight excluding hydrogens is 194 g/mol. The molecule has 1 heteroatoms. The van der Waals surface area contributed by atoms with E-state index in [1.807, 2.05) is 18.2 Å². The van der Waals surface area contributed by atoms with Gasteiger partial charge in [-0.05, 0) is 17.3 Å². The maximum atomic E-state index is 5.52. The van der Waals surface area contributed by atoms with Crippen molar-refractivity contribution in [2.24, 2.45) is 5.73 Å². The van der Waals surface area contributed by atoms with Crippen LogP contribution in [0.3, 0.4) is 0 Å². The molecule has 0 amide bonds. The van der Waals surface area contributed by atoms with Crippen molar-refractivity contribution in [2.75, 3.05) is 0 Å². The molecule has 2 aromatic rings. The van der Waals surface area contributed by atoms with Crippen molar-refractivity contribution in [1.82, 2.24) is 0 Å². The van der Waals surface area contributed by atoms with Crippen molar-refractivity contribution < 1.29 is 0 Å². The lowest BCUT2D eigenvalue weighted by Crippen LogP contribution is -1.98. The van der Waals surface area contributed by atoms with Crippen LogP contribution in [0.5, 0.6) is 0 Å². The van der Waals surface area contributed by atoms with Gasteiger partial charge >= 0.3 is 0 Å². The monoisotopic (exact) mass is 209 g/mol. The first-order valence-electron chi connectivity index (χ1n) is 5.40. The molecule has 0 saturated carbocycles. The Morgan fingerprint density at radius 2 is 1.19 bits per heavy atom. The van der Waals surface area contributed by atoms with Crippen molar-refractivity contribution in [2.45, 2.75) is 5.92 Å². The van der Waals surface area contributed by atoms with Gasteiger partial charge in [-0.3, -0.25) is 0 Å². The fraction of sp³-hybridized carbons (Fsp3) is 0.0667. The zero-order valence-corrected chi connectivity index (χ0v) is 9.08. The standard InChI is InChI=1S/C15H15N/c16-12-11-15(13-7-3-1-4-8-13)14-9-5-2-6-10-14/h1-12,15H,16H2. The molecule has 0 spiro atoms. The molecule has 16 heavy (non-hydrogen) atoms. The highest BCUT2D eigenvalue weighted by Crippen LogP contribution is 2.25. The molecule has 0 heterocycles. The summed E-state index contributed by atoms with van der Waals surface area (Å²) in [7, 11) is 0. The van der Waals surface area contributed by atoms with E-state index in [1.54, 1.807) is 6.20 Å². The zero-order valence-electron chi connectivity index (χ0n) is 9.08. The van der Waals surface area contributed by atoms with Gasteiger partial charge in [0.25, 0.3) is 0 Å². The summed E-state index contributed by atoms with van der Waals surface area (Å²) in [5, 5.41) is 0. The Bertz CT molecular complexity index is 406. The van der Waals surface area contributed by atoms with Crippen molar-refractivity contribution in [1.29, 1.82) is 0 Å². The number of hydrogen-bond donors (Lipinski definition) is 1. The summed E-state index contributed by atoms with van der Waals surface area (Å²) in [4.78, 5) is 0. The van der Waals surface area contributed by atoms with Gasteiger partial charge < -0.3 is 5.73 Å². The average Bonchev–Trinajstić information content (AvgIpc) is 2.38. The van der Waals surface area contributed by atoms with Crippen LogP contribution in [0.4, 0.5) is 0 Å². The predicted molar refractivity (Wildman–Crippen MR) is 68.1 cm³/mol. The first kappa shape index (κ1) is 10.5. The molecule has 0 bridgehead atoms. The Balaban J connectivity index is 2.39. The van der Waals surface area contributed by atoms with E-state index in [4.69, 9.17) is 5.73 Å². The number of allylic oxidation sites excluding steroid dienone is 1. The van der Waals surface area contributed by atoms with Crippen molar-refractivity contribution in [3.63, 3.8) is 0 Å². The Morgan fingerprint density at radius 1 is 0.750 bits per heavy atom. The van der Waals surface area contributed by atoms with Gasteiger partial charge in [-0.25, -0.2) is 0 Å². The van der Waals surface area contributed by atoms with E-state index in [0.29, 0.717) is 0 Å². The highest BCUT2D eigenvalue weighted by atomic mass is 14.5. The van der Waals surface area contributed by atoms with Crippen LogP contribution in [0.1, 0.15) is 17.0 Å². The van der Waals surface area contributed by atoms with Crippen LogP contribution in [0, 0.1) is 0 Å². The second-order valence-electron chi connectivity index (χ2n) is 3.68. The summed E-state index contributed by atoms with van der Waals surface area (Å²) in [6.45, 7) is 0. The van der Waals surface area contributed by atoms with Crippen LogP contribution in [-0.4, -0.2) is 0 Å². The van der Waals surface area contributed by atoms with Crippen LogP contribution in [-0.2, 0) is 0 Å². The summed E-state index contributed by atoms with van der Waals surface area (Å²) in [6.07, 6.45) is 3.63. The Hall–Kier alpha value is -2.02. The number of rotatable bonds is 3. The highest BCUT2D eigenvalue weighted by molar-refractivity contribution is 5.36. The molecule has 0 fully saturated rings. The molecule has 0 aliphatic rings. The van der Waals surface area contributed by atoms with Gasteiger partial charge in [-0.1, -0.05) is 66.7 Å². The van der Waals surface area contributed by atoms with E-state index in [2.05, 4.69) is 48.5 Å². The minimum absolute atomic E-state index is 0.243. The number of nitrogens with two attached hydrogens (primary N) is 1. The van der Waals surface area contributed by atoms with Gasteiger partial charge in [-0.2, -0.15) is 0 Å². The van der Waals surface area contributed by atoms with E-state index < -0.39 is 0 Å². The Morgan fingerprint density at radius 3 is 1.56 bits per heavy atom. The SMILES string of the molecule is NC=CC(c1ccccc1)c1ccccc1. The fourth-order valence-electron chi connectivity index (χ4n) is 1.85. The molecule has 2 N–H and O–H groups in total. The lowest BCUT2D eigenvalue weighted by molar-refractivity contribution is 1.02. The van der Waals surface area contributed by atoms with Gasteiger partial charge in [0.2, 0.25) is 0 Å². The third kappa shape index (κ3) is 2.31. The minimum Gasteiger partial charge on any atom is -0.405 e. The lowest BCUT2D eigenvalue weighted by atomic mass is 9.91. The molecule has 1 nitrogen and oxygen atoms in total. The van der Waals surface area contributed by atoms with Gasteiger partial charge in [0.05, 0.1) is 0 Å². The Kier molecular flexibility index (Phi) is 3.39. The molecule has 2 rings (SSSR count). The fourth-order valence-corrected chi connectivity index (χ4v) is 1.85. The summed E-state index contributed by atoms with van der Waals surface area (Å²) in [5.74, 6) is 0.243. The molecule has 0 unspecified atom stereocenters. The second kappa shape index (κ2) is 5.17. The van der Waals surface area contributed by atoms with Crippen LogP contribution < -0.4 is 5.73 Å². The largest absolute Gasteiger partial charge is 0.405 e. The van der Waals surface area contributed by atoms with E-state index in [9.17, 15) is 0 Å². The van der Waals surface area contributed by atoms with E-state index in [0.717, 1.165) is 0 Å². The molecule has 0 saturated heterocycles. The van der Waals surface area contributed by atoms with E-state index >= 15 is 0 Å². The van der Waals surface area contributed by atoms with E-state index in [-0.39, 0.29) is 5.92 Å². The Labute approximate surface area is 96.2 Å². The first-order valence-corrected chi connectivity index (χ1v) is 5.40. The summed E-state index contributed by atoms with van der Waals surface area (Å²) < 4.78 is 0. The topological polar surface area (TPSA) is 26.0 Å². The van der Waals surface area contributed by atoms with Crippen molar-refractivity contribution >= 4 is 0 Å². The van der Waals surface area contributed by atoms with Gasteiger partial charge in [0, 0.05) is 5.92 Å². The van der Waals surface area contributed by atoms with Crippen molar-refractivity contribution in [3.05, 3.63) is 84.1 Å². The maximum Gasteiger partial charge on any atom is 0.0286 e. The third-order valence-electron chi connectivity index (χ3n) is 2.62. The first-order chi connectivity index (χ1) is 7.92. The van der Waals surface area contributed by atoms with Crippen LogP contribution >= 0.6 is 0 Å². The van der Waals surface area contributed by atoms with Gasteiger partial charge in [0.15, 0.2) is 0 Å². The summed E-state index contributed by atoms with van der Waals surface area (Å²) in [6, 6.07) is 20.7. The van der Waals surface area contributed by atoms with Gasteiger partial charge in [0.1, 0.15) is 0 Å². The van der Waals surface area contributed by atoms with Gasteiger partial charge in [-0.15, -0.1) is 0 Å². The van der Waals surface area contributed by atoms with Crippen LogP contribution in [0.25, 0.3) is 0 Å². The normalized spacial score (nSPS) is 11.1. The predicted octanol–water partition coefficient (Wildman–Crippen LogP) is 3.29. The third-order valence-corrected chi connectivity index (χ3v) is 2.62. The van der Waals surface area contributed by atoms with Crippen LogP contribution in [0.2, 0.25) is 0 Å². The molecular formula is C15H15N. The van der Waals surface area contributed by atoms with E-state index in [1.165, 1.54) is 11.1 Å². The average molecular weight is 209 g/mol. The lowest BCUT2D eigenvalue weighted by Gasteiger charge is -2.13. The smallest absolute Gasteiger partial charge is 0.0286 e. The molecule has 80 valence electrons. The minimum atomic E-state index is 0.243. The molecule has 0 atom stereocenters. The molecule has 2 aromatic carbocycles. The second-order valence-corrected chi connectivity index (χ2v) is 3.68. The number of benzene rings is 2.